The van der Waals surface area contributed by atoms with Gasteiger partial charge in [-0.05, 0) is 35.7 Å². The van der Waals surface area contributed by atoms with Crippen molar-refractivity contribution < 1.29 is 14.6 Å². The highest BCUT2D eigenvalue weighted by Crippen LogP contribution is 2.43. The highest BCUT2D eigenvalue weighted by molar-refractivity contribution is 7.17. The summed E-state index contributed by atoms with van der Waals surface area (Å²) in [4.78, 5) is 11.0. The van der Waals surface area contributed by atoms with E-state index in [1.807, 2.05) is 19.1 Å². The summed E-state index contributed by atoms with van der Waals surface area (Å²) >= 11 is 1.48. The Labute approximate surface area is 238 Å². The Morgan fingerprint density at radius 2 is 1.32 bits per heavy atom. The van der Waals surface area contributed by atoms with Gasteiger partial charge in [0.25, 0.3) is 0 Å². The molecule has 1 atom stereocenters. The Balaban J connectivity index is 1.34. The van der Waals surface area contributed by atoms with Crippen molar-refractivity contribution in [3.05, 3.63) is 106 Å². The fraction of sp³-hybridized carbons (Fsp3) is 0.290. The normalized spacial score (nSPS) is 15.5. The maximum absolute atomic E-state index is 11.3. The number of ether oxygens (including phenoxy) is 2. The van der Waals surface area contributed by atoms with Crippen molar-refractivity contribution in [3.8, 4) is 17.4 Å². The molecular weight excluding hydrogens is 522 g/mol. The number of aryl methyl sites for hydroxylation is 1. The van der Waals surface area contributed by atoms with E-state index in [1.165, 1.54) is 22.5 Å². The van der Waals surface area contributed by atoms with E-state index in [0.29, 0.717) is 22.3 Å². The molecule has 0 aliphatic carbocycles. The van der Waals surface area contributed by atoms with Crippen molar-refractivity contribution in [1.29, 1.82) is 0 Å². The maximum atomic E-state index is 11.3. The molecule has 9 heteroatoms. The van der Waals surface area contributed by atoms with Crippen molar-refractivity contribution in [1.82, 2.24) is 24.4 Å². The average molecular weight is 556 g/mol. The van der Waals surface area contributed by atoms with Gasteiger partial charge in [0.05, 0.1) is 31.2 Å². The molecule has 1 fully saturated rings. The van der Waals surface area contributed by atoms with E-state index in [9.17, 15) is 5.11 Å². The van der Waals surface area contributed by atoms with Gasteiger partial charge in [0.2, 0.25) is 10.8 Å². The van der Waals surface area contributed by atoms with Gasteiger partial charge in [-0.2, -0.15) is 4.52 Å². The summed E-state index contributed by atoms with van der Waals surface area (Å²) in [6.45, 7) is 5.22. The van der Waals surface area contributed by atoms with E-state index in [1.54, 1.807) is 18.7 Å². The van der Waals surface area contributed by atoms with Gasteiger partial charge in [-0.3, -0.25) is 9.80 Å². The van der Waals surface area contributed by atoms with Crippen molar-refractivity contribution in [2.24, 2.45) is 0 Å². The molecule has 1 aliphatic heterocycles. The predicted octanol–water partition coefficient (Wildman–Crippen LogP) is 5.32. The number of aromatic nitrogens is 3. The summed E-state index contributed by atoms with van der Waals surface area (Å²) in [6.07, 6.45) is 0. The first-order chi connectivity index (χ1) is 19.6. The first-order valence-corrected chi connectivity index (χ1v) is 14.2. The van der Waals surface area contributed by atoms with Crippen molar-refractivity contribution in [2.75, 3.05) is 40.4 Å². The molecule has 0 saturated carbocycles. The lowest BCUT2D eigenvalue weighted by molar-refractivity contribution is 0.0898. The van der Waals surface area contributed by atoms with E-state index >= 15 is 0 Å². The maximum Gasteiger partial charge on any atom is 0.230 e. The minimum Gasteiger partial charge on any atom is -0.493 e. The molecule has 5 aromatic rings. The molecule has 8 nitrogen and oxygen atoms in total. The number of benzene rings is 3. The molecule has 40 heavy (non-hydrogen) atoms. The number of piperazine rings is 1. The number of thiazole rings is 1. The first kappa shape index (κ1) is 26.3. The zero-order valence-corrected chi connectivity index (χ0v) is 23.7. The Kier molecular flexibility index (Phi) is 7.42. The van der Waals surface area contributed by atoms with Crippen LogP contribution in [0.3, 0.4) is 0 Å². The summed E-state index contributed by atoms with van der Waals surface area (Å²) in [5.41, 5.74) is 3.60. The Morgan fingerprint density at radius 3 is 1.88 bits per heavy atom. The molecule has 1 aliphatic rings. The molecule has 0 amide bonds. The van der Waals surface area contributed by atoms with Crippen LogP contribution in [0, 0.1) is 6.92 Å². The highest BCUT2D eigenvalue weighted by atomic mass is 32.1. The van der Waals surface area contributed by atoms with Gasteiger partial charge in [-0.15, -0.1) is 5.10 Å². The molecule has 2 aromatic heterocycles. The molecule has 0 spiro atoms. The minimum atomic E-state index is -0.192. The highest BCUT2D eigenvalue weighted by Gasteiger charge is 2.34. The monoisotopic (exact) mass is 555 g/mol. The van der Waals surface area contributed by atoms with Gasteiger partial charge in [0.15, 0.2) is 11.5 Å². The van der Waals surface area contributed by atoms with E-state index < -0.39 is 0 Å². The molecule has 206 valence electrons. The standard InChI is InChI=1S/C31H33N5O3S/c1-21-32-31-36(33-21)30(37)29(40-31)28(24-14-15-25(38-2)26(20-24)39-3)35-18-16-34(17-19-35)27(22-10-6-4-7-11-22)23-12-8-5-9-13-23/h4-15,20,27-28,37H,16-19H2,1-3H3. The molecule has 0 radical (unpaired) electrons. The third kappa shape index (κ3) is 4.92. The Bertz CT molecular complexity index is 1540. The van der Waals surface area contributed by atoms with Crippen LogP contribution in [-0.4, -0.2) is 69.9 Å². The first-order valence-electron chi connectivity index (χ1n) is 13.4. The van der Waals surface area contributed by atoms with Crippen LogP contribution in [0.15, 0.2) is 78.9 Å². The number of hydrogen-bond donors (Lipinski definition) is 1. The minimum absolute atomic E-state index is 0.134. The number of hydrogen-bond acceptors (Lipinski definition) is 8. The van der Waals surface area contributed by atoms with Crippen LogP contribution in [0.2, 0.25) is 0 Å². The molecule has 0 bridgehead atoms. The number of aromatic hydroxyl groups is 1. The summed E-state index contributed by atoms with van der Waals surface area (Å²) < 4.78 is 12.7. The van der Waals surface area contributed by atoms with Crippen LogP contribution in [-0.2, 0) is 0 Å². The summed E-state index contributed by atoms with van der Waals surface area (Å²) in [7, 11) is 3.28. The lowest BCUT2D eigenvalue weighted by Crippen LogP contribution is -2.49. The fourth-order valence-corrected chi connectivity index (χ4v) is 6.88. The van der Waals surface area contributed by atoms with Crippen LogP contribution in [0.25, 0.3) is 4.96 Å². The van der Waals surface area contributed by atoms with Crippen LogP contribution in [0.4, 0.5) is 0 Å². The second kappa shape index (κ2) is 11.3. The average Bonchev–Trinajstić information content (AvgIpc) is 3.51. The van der Waals surface area contributed by atoms with Gasteiger partial charge >= 0.3 is 0 Å². The smallest absolute Gasteiger partial charge is 0.230 e. The van der Waals surface area contributed by atoms with Crippen molar-refractivity contribution in [3.63, 3.8) is 0 Å². The molecule has 6 rings (SSSR count). The largest absolute Gasteiger partial charge is 0.493 e. The van der Waals surface area contributed by atoms with E-state index in [-0.39, 0.29) is 18.0 Å². The van der Waals surface area contributed by atoms with Gasteiger partial charge in [-0.25, -0.2) is 4.98 Å². The van der Waals surface area contributed by atoms with Gasteiger partial charge < -0.3 is 14.6 Å². The molecular formula is C31H33N5O3S. The molecule has 3 heterocycles. The van der Waals surface area contributed by atoms with Gasteiger partial charge in [0.1, 0.15) is 5.82 Å². The van der Waals surface area contributed by atoms with Crippen molar-refractivity contribution in [2.45, 2.75) is 19.0 Å². The van der Waals surface area contributed by atoms with Crippen molar-refractivity contribution >= 4 is 16.3 Å². The van der Waals surface area contributed by atoms with Crippen LogP contribution in [0.1, 0.15) is 39.5 Å². The number of rotatable bonds is 8. The molecule has 3 aromatic carbocycles. The lowest BCUT2D eigenvalue weighted by Gasteiger charge is -2.42. The second-order valence-corrected chi connectivity index (χ2v) is 11.0. The molecule has 1 N–H and O–H groups in total. The van der Waals surface area contributed by atoms with Gasteiger partial charge in [-0.1, -0.05) is 78.1 Å². The zero-order chi connectivity index (χ0) is 27.6. The summed E-state index contributed by atoms with van der Waals surface area (Å²) in [5, 5.41) is 15.7. The number of fused-ring (bicyclic) bond motifs is 1. The predicted molar refractivity (Wildman–Crippen MR) is 157 cm³/mol. The zero-order valence-electron chi connectivity index (χ0n) is 22.9. The second-order valence-electron chi connectivity index (χ2n) is 9.96. The topological polar surface area (TPSA) is 75.4 Å². The third-order valence-corrected chi connectivity index (χ3v) is 8.66. The quantitative estimate of drug-likeness (QED) is 0.278. The number of nitrogens with zero attached hydrogens (tertiary/aromatic N) is 5. The summed E-state index contributed by atoms with van der Waals surface area (Å²) in [5.74, 6) is 2.10. The third-order valence-electron chi connectivity index (χ3n) is 7.59. The van der Waals surface area contributed by atoms with Gasteiger partial charge in [0, 0.05) is 26.2 Å². The molecule has 1 saturated heterocycles. The summed E-state index contributed by atoms with van der Waals surface area (Å²) in [6, 6.07) is 27.4. The van der Waals surface area contributed by atoms with E-state index in [0.717, 1.165) is 36.6 Å². The Morgan fingerprint density at radius 1 is 0.750 bits per heavy atom. The van der Waals surface area contributed by atoms with E-state index in [4.69, 9.17) is 9.47 Å². The van der Waals surface area contributed by atoms with Crippen LogP contribution in [0.5, 0.6) is 17.4 Å². The lowest BCUT2D eigenvalue weighted by atomic mass is 9.96. The van der Waals surface area contributed by atoms with Crippen LogP contribution >= 0.6 is 11.3 Å². The molecule has 1 unspecified atom stereocenters. The number of methoxy groups -OCH3 is 2. The van der Waals surface area contributed by atoms with E-state index in [2.05, 4.69) is 86.6 Å². The SMILES string of the molecule is COc1ccc(C(c2sc3nc(C)nn3c2O)N2CCN(C(c3ccccc3)c3ccccc3)CC2)cc1OC. The Hall–Kier alpha value is -3.92. The fourth-order valence-electron chi connectivity index (χ4n) is 5.72. The van der Waals surface area contributed by atoms with Crippen LogP contribution < -0.4 is 9.47 Å².